The molecular formula is C11H16ClFN2O. The van der Waals surface area contributed by atoms with Gasteiger partial charge in [0.15, 0.2) is 0 Å². The van der Waals surface area contributed by atoms with Crippen LogP contribution in [0.25, 0.3) is 0 Å². The minimum absolute atomic E-state index is 0. The summed E-state index contributed by atoms with van der Waals surface area (Å²) in [5.74, 6) is -0.511. The van der Waals surface area contributed by atoms with E-state index >= 15 is 0 Å². The van der Waals surface area contributed by atoms with Crippen LogP contribution in [0, 0.1) is 5.82 Å². The normalized spacial score (nSPS) is 11.4. The fraction of sp³-hybridized carbons (Fsp3) is 0.364. The SMILES string of the molecule is CC[C@H](N)C(=O)NCc1cccc(F)c1.Cl. The first kappa shape index (κ1) is 14.9. The molecule has 5 heteroatoms. The van der Waals surface area contributed by atoms with Crippen LogP contribution in [0.3, 0.4) is 0 Å². The zero-order valence-corrected chi connectivity index (χ0v) is 9.89. The molecule has 3 nitrogen and oxygen atoms in total. The van der Waals surface area contributed by atoms with Gasteiger partial charge in [-0.3, -0.25) is 4.79 Å². The number of carbonyl (C=O) groups excluding carboxylic acids is 1. The molecule has 1 atom stereocenters. The average Bonchev–Trinajstić information content (AvgIpc) is 2.25. The highest BCUT2D eigenvalue weighted by molar-refractivity contribution is 5.85. The summed E-state index contributed by atoms with van der Waals surface area (Å²) in [6.07, 6.45) is 0.592. The molecule has 16 heavy (non-hydrogen) atoms. The molecule has 3 N–H and O–H groups in total. The number of rotatable bonds is 4. The predicted octanol–water partition coefficient (Wildman–Crippen LogP) is 1.60. The van der Waals surface area contributed by atoms with Crippen molar-refractivity contribution in [2.75, 3.05) is 0 Å². The van der Waals surface area contributed by atoms with Crippen molar-refractivity contribution < 1.29 is 9.18 Å². The second kappa shape index (κ2) is 7.19. The number of halogens is 2. The molecule has 0 radical (unpaired) electrons. The lowest BCUT2D eigenvalue weighted by Crippen LogP contribution is -2.39. The van der Waals surface area contributed by atoms with E-state index in [4.69, 9.17) is 5.73 Å². The molecule has 1 rings (SSSR count). The summed E-state index contributed by atoms with van der Waals surface area (Å²) < 4.78 is 12.8. The van der Waals surface area contributed by atoms with Crippen molar-refractivity contribution in [1.82, 2.24) is 5.32 Å². The molecule has 0 saturated heterocycles. The topological polar surface area (TPSA) is 55.1 Å². The quantitative estimate of drug-likeness (QED) is 0.848. The largest absolute Gasteiger partial charge is 0.351 e. The molecule has 0 spiro atoms. The third-order valence-corrected chi connectivity index (χ3v) is 2.13. The van der Waals surface area contributed by atoms with Crippen LogP contribution in [0.4, 0.5) is 4.39 Å². The van der Waals surface area contributed by atoms with Crippen LogP contribution in [0.15, 0.2) is 24.3 Å². The van der Waals surface area contributed by atoms with Crippen molar-refractivity contribution >= 4 is 18.3 Å². The first-order valence-corrected chi connectivity index (χ1v) is 4.91. The maximum absolute atomic E-state index is 12.8. The molecule has 1 amide bonds. The maximum atomic E-state index is 12.8. The fourth-order valence-electron chi connectivity index (χ4n) is 1.15. The smallest absolute Gasteiger partial charge is 0.237 e. The summed E-state index contributed by atoms with van der Waals surface area (Å²) in [5, 5.41) is 2.65. The Morgan fingerprint density at radius 3 is 2.81 bits per heavy atom. The van der Waals surface area contributed by atoms with Crippen molar-refractivity contribution in [3.8, 4) is 0 Å². The zero-order chi connectivity index (χ0) is 11.3. The summed E-state index contributed by atoms with van der Waals surface area (Å²) in [5.41, 5.74) is 6.25. The van der Waals surface area contributed by atoms with Gasteiger partial charge in [0.1, 0.15) is 5.82 Å². The minimum atomic E-state index is -0.487. The molecule has 0 bridgehead atoms. The van der Waals surface area contributed by atoms with E-state index in [1.807, 2.05) is 6.92 Å². The Bertz CT molecular complexity index is 347. The summed E-state index contributed by atoms with van der Waals surface area (Å²) in [7, 11) is 0. The lowest BCUT2D eigenvalue weighted by Gasteiger charge is -2.09. The number of carbonyl (C=O) groups is 1. The van der Waals surface area contributed by atoms with Gasteiger partial charge in [-0.25, -0.2) is 4.39 Å². The maximum Gasteiger partial charge on any atom is 0.237 e. The monoisotopic (exact) mass is 246 g/mol. The molecule has 0 aliphatic heterocycles. The van der Waals surface area contributed by atoms with E-state index < -0.39 is 6.04 Å². The van der Waals surface area contributed by atoms with Gasteiger partial charge >= 0.3 is 0 Å². The van der Waals surface area contributed by atoms with Crippen LogP contribution in [0.5, 0.6) is 0 Å². The summed E-state index contributed by atoms with van der Waals surface area (Å²) in [6.45, 7) is 2.15. The second-order valence-corrected chi connectivity index (χ2v) is 3.36. The van der Waals surface area contributed by atoms with Gasteiger partial charge in [0, 0.05) is 6.54 Å². The summed E-state index contributed by atoms with van der Waals surface area (Å²) in [6, 6.07) is 5.62. The number of amides is 1. The second-order valence-electron chi connectivity index (χ2n) is 3.36. The Morgan fingerprint density at radius 2 is 2.25 bits per heavy atom. The van der Waals surface area contributed by atoms with Gasteiger partial charge < -0.3 is 11.1 Å². The Labute approximate surface area is 101 Å². The number of benzene rings is 1. The molecule has 0 aromatic heterocycles. The standard InChI is InChI=1S/C11H15FN2O.ClH/c1-2-10(13)11(15)14-7-8-4-3-5-9(12)6-8;/h3-6,10H,2,7,13H2,1H3,(H,14,15);1H/t10-;/m0./s1. The van der Waals surface area contributed by atoms with Crippen LogP contribution < -0.4 is 11.1 Å². The molecule has 1 aromatic rings. The Morgan fingerprint density at radius 1 is 1.56 bits per heavy atom. The molecule has 1 aromatic carbocycles. The van der Waals surface area contributed by atoms with Crippen molar-refractivity contribution in [1.29, 1.82) is 0 Å². The first-order chi connectivity index (χ1) is 7.13. The van der Waals surface area contributed by atoms with Crippen LogP contribution >= 0.6 is 12.4 Å². The van der Waals surface area contributed by atoms with Crippen LogP contribution in [0.2, 0.25) is 0 Å². The van der Waals surface area contributed by atoms with Crippen molar-refractivity contribution in [2.45, 2.75) is 25.9 Å². The number of hydrogen-bond donors (Lipinski definition) is 2. The van der Waals surface area contributed by atoms with Crippen molar-refractivity contribution in [3.63, 3.8) is 0 Å². The van der Waals surface area contributed by atoms with E-state index in [1.54, 1.807) is 12.1 Å². The number of nitrogens with one attached hydrogen (secondary N) is 1. The van der Waals surface area contributed by atoms with Gasteiger partial charge in [-0.1, -0.05) is 19.1 Å². The number of hydrogen-bond acceptors (Lipinski definition) is 2. The highest BCUT2D eigenvalue weighted by Crippen LogP contribution is 2.02. The van der Waals surface area contributed by atoms with Crippen LogP contribution in [-0.2, 0) is 11.3 Å². The Hall–Kier alpha value is -1.13. The average molecular weight is 247 g/mol. The third kappa shape index (κ3) is 4.59. The van der Waals surface area contributed by atoms with Crippen molar-refractivity contribution in [3.05, 3.63) is 35.6 Å². The zero-order valence-electron chi connectivity index (χ0n) is 9.07. The van der Waals surface area contributed by atoms with E-state index in [9.17, 15) is 9.18 Å². The molecule has 90 valence electrons. The molecule has 0 heterocycles. The lowest BCUT2D eigenvalue weighted by atomic mass is 10.2. The van der Waals surface area contributed by atoms with Crippen molar-refractivity contribution in [2.24, 2.45) is 5.73 Å². The van der Waals surface area contributed by atoms with E-state index in [0.29, 0.717) is 13.0 Å². The fourth-order valence-corrected chi connectivity index (χ4v) is 1.15. The highest BCUT2D eigenvalue weighted by Gasteiger charge is 2.09. The molecular weight excluding hydrogens is 231 g/mol. The molecule has 0 aliphatic rings. The third-order valence-electron chi connectivity index (χ3n) is 2.13. The lowest BCUT2D eigenvalue weighted by molar-refractivity contribution is -0.122. The predicted molar refractivity (Wildman–Crippen MR) is 63.8 cm³/mol. The van der Waals surface area contributed by atoms with Gasteiger partial charge in [-0.15, -0.1) is 12.4 Å². The van der Waals surface area contributed by atoms with E-state index in [2.05, 4.69) is 5.32 Å². The van der Waals surface area contributed by atoms with E-state index in [0.717, 1.165) is 5.56 Å². The van der Waals surface area contributed by atoms with Gasteiger partial charge in [0.05, 0.1) is 6.04 Å². The summed E-state index contributed by atoms with van der Waals surface area (Å²) in [4.78, 5) is 11.3. The molecule has 0 fully saturated rings. The molecule has 0 saturated carbocycles. The van der Waals surface area contributed by atoms with Gasteiger partial charge in [0.25, 0.3) is 0 Å². The van der Waals surface area contributed by atoms with Gasteiger partial charge in [0.2, 0.25) is 5.91 Å². The highest BCUT2D eigenvalue weighted by atomic mass is 35.5. The Balaban J connectivity index is 0.00000225. The number of nitrogens with two attached hydrogens (primary N) is 1. The van der Waals surface area contributed by atoms with Gasteiger partial charge in [-0.05, 0) is 24.1 Å². The minimum Gasteiger partial charge on any atom is -0.351 e. The first-order valence-electron chi connectivity index (χ1n) is 4.91. The Kier molecular flexibility index (Phi) is 6.69. The van der Waals surface area contributed by atoms with Gasteiger partial charge in [-0.2, -0.15) is 0 Å². The molecule has 0 unspecified atom stereocenters. The van der Waals surface area contributed by atoms with E-state index in [1.165, 1.54) is 12.1 Å². The van der Waals surface area contributed by atoms with E-state index in [-0.39, 0.29) is 24.1 Å². The molecule has 0 aliphatic carbocycles. The van der Waals surface area contributed by atoms with Crippen LogP contribution in [-0.4, -0.2) is 11.9 Å². The summed E-state index contributed by atoms with van der Waals surface area (Å²) >= 11 is 0. The van der Waals surface area contributed by atoms with Crippen LogP contribution in [0.1, 0.15) is 18.9 Å².